The molecule has 134 valence electrons. The molecule has 0 fully saturated rings. The van der Waals surface area contributed by atoms with Crippen molar-refractivity contribution in [2.45, 2.75) is 26.3 Å². The Morgan fingerprint density at radius 1 is 1.00 bits per heavy atom. The van der Waals surface area contributed by atoms with Crippen LogP contribution in [0.4, 0.5) is 5.69 Å². The fraction of sp³-hybridized carbons (Fsp3) is 0.250. The molecule has 26 heavy (non-hydrogen) atoms. The topological polar surface area (TPSA) is 75.7 Å². The summed E-state index contributed by atoms with van der Waals surface area (Å²) >= 11 is 0. The normalized spacial score (nSPS) is 13.6. The highest BCUT2D eigenvalue weighted by Crippen LogP contribution is 2.30. The van der Waals surface area contributed by atoms with E-state index in [-0.39, 0.29) is 23.3 Å². The molecule has 1 N–H and O–H groups in total. The minimum Gasteiger partial charge on any atom is -0.495 e. The molecule has 0 spiro atoms. The van der Waals surface area contributed by atoms with Crippen LogP contribution in [-0.4, -0.2) is 35.3 Å². The number of imide groups is 1. The number of benzene rings is 2. The number of para-hydroxylation sites is 2. The first-order chi connectivity index (χ1) is 12.2. The van der Waals surface area contributed by atoms with Gasteiger partial charge in [0, 0.05) is 11.1 Å². The van der Waals surface area contributed by atoms with E-state index >= 15 is 0 Å². The van der Waals surface area contributed by atoms with E-state index < -0.39 is 5.54 Å². The third-order valence-electron chi connectivity index (χ3n) is 4.17. The fourth-order valence-electron chi connectivity index (χ4n) is 2.93. The predicted molar refractivity (Wildman–Crippen MR) is 97.6 cm³/mol. The number of methoxy groups -OCH3 is 1. The number of nitrogens with zero attached hydrogens (tertiary/aromatic N) is 1. The monoisotopic (exact) mass is 352 g/mol. The zero-order valence-electron chi connectivity index (χ0n) is 15.1. The van der Waals surface area contributed by atoms with Gasteiger partial charge in [0.2, 0.25) is 0 Å². The molecule has 3 rings (SSSR count). The average Bonchev–Trinajstić information content (AvgIpc) is 2.85. The largest absolute Gasteiger partial charge is 0.495 e. The van der Waals surface area contributed by atoms with Gasteiger partial charge >= 0.3 is 0 Å². The van der Waals surface area contributed by atoms with Crippen LogP contribution in [0.2, 0.25) is 0 Å². The first-order valence-electron chi connectivity index (χ1n) is 8.21. The maximum absolute atomic E-state index is 12.6. The molecule has 0 unspecified atom stereocenters. The molecular weight excluding hydrogens is 332 g/mol. The smallest absolute Gasteiger partial charge is 0.262 e. The van der Waals surface area contributed by atoms with Crippen molar-refractivity contribution >= 4 is 23.4 Å². The Bertz CT molecular complexity index is 912. The Kier molecular flexibility index (Phi) is 4.28. The van der Waals surface area contributed by atoms with Crippen molar-refractivity contribution in [1.82, 2.24) is 4.90 Å². The highest BCUT2D eigenvalue weighted by molar-refractivity contribution is 6.22. The number of amides is 3. The molecule has 0 bridgehead atoms. The van der Waals surface area contributed by atoms with Crippen LogP contribution in [0, 0.1) is 0 Å². The van der Waals surface area contributed by atoms with Crippen LogP contribution in [0.1, 0.15) is 51.8 Å². The van der Waals surface area contributed by atoms with E-state index in [0.717, 1.165) is 0 Å². The molecule has 0 saturated heterocycles. The summed E-state index contributed by atoms with van der Waals surface area (Å²) in [5.74, 6) is -0.572. The molecule has 0 aliphatic carbocycles. The number of hydrogen-bond acceptors (Lipinski definition) is 4. The fourth-order valence-corrected chi connectivity index (χ4v) is 2.93. The SMILES string of the molecule is COc1ccccc1NC(=O)c1ccc2c(c1)C(=O)N(C(C)(C)C)C2=O. The zero-order valence-corrected chi connectivity index (χ0v) is 15.1. The summed E-state index contributed by atoms with van der Waals surface area (Å²) in [6.45, 7) is 5.39. The van der Waals surface area contributed by atoms with Crippen LogP contribution in [0.5, 0.6) is 5.75 Å². The molecular formula is C20H20N2O4. The van der Waals surface area contributed by atoms with Gasteiger partial charge in [-0.05, 0) is 51.1 Å². The lowest BCUT2D eigenvalue weighted by atomic mass is 10.1. The second-order valence-corrected chi connectivity index (χ2v) is 7.03. The predicted octanol–water partition coefficient (Wildman–Crippen LogP) is 3.34. The number of carbonyl (C=O) groups excluding carboxylic acids is 3. The summed E-state index contributed by atoms with van der Waals surface area (Å²) in [4.78, 5) is 38.9. The minimum atomic E-state index is -0.632. The summed E-state index contributed by atoms with van der Waals surface area (Å²) in [7, 11) is 1.52. The van der Waals surface area contributed by atoms with E-state index in [1.807, 2.05) is 0 Å². The second-order valence-electron chi connectivity index (χ2n) is 7.03. The molecule has 2 aromatic rings. The number of fused-ring (bicyclic) bond motifs is 1. The maximum atomic E-state index is 12.6. The number of rotatable bonds is 3. The third-order valence-corrected chi connectivity index (χ3v) is 4.17. The lowest BCUT2D eigenvalue weighted by Gasteiger charge is -2.29. The number of nitrogens with one attached hydrogen (secondary N) is 1. The Morgan fingerprint density at radius 3 is 2.31 bits per heavy atom. The first kappa shape index (κ1) is 17.7. The van der Waals surface area contributed by atoms with Crippen LogP contribution >= 0.6 is 0 Å². The number of carbonyl (C=O) groups is 3. The number of anilines is 1. The van der Waals surface area contributed by atoms with Crippen molar-refractivity contribution < 1.29 is 19.1 Å². The van der Waals surface area contributed by atoms with Gasteiger partial charge in [0.1, 0.15) is 5.75 Å². The second kappa shape index (κ2) is 6.29. The molecule has 0 aromatic heterocycles. The van der Waals surface area contributed by atoms with E-state index in [2.05, 4.69) is 5.32 Å². The van der Waals surface area contributed by atoms with Gasteiger partial charge in [-0.2, -0.15) is 0 Å². The summed E-state index contributed by atoms with van der Waals surface area (Å²) in [6.07, 6.45) is 0. The minimum absolute atomic E-state index is 0.248. The lowest BCUT2D eigenvalue weighted by Crippen LogP contribution is -2.45. The van der Waals surface area contributed by atoms with Gasteiger partial charge in [-0.3, -0.25) is 19.3 Å². The van der Waals surface area contributed by atoms with Crippen LogP contribution in [-0.2, 0) is 0 Å². The summed E-state index contributed by atoms with van der Waals surface area (Å²) in [5, 5.41) is 2.76. The number of ether oxygens (including phenoxy) is 1. The summed E-state index contributed by atoms with van der Waals surface area (Å²) in [6, 6.07) is 11.6. The molecule has 0 atom stereocenters. The van der Waals surface area contributed by atoms with Gasteiger partial charge in [-0.25, -0.2) is 0 Å². The molecule has 0 saturated carbocycles. The molecule has 0 radical (unpaired) electrons. The molecule has 1 heterocycles. The molecule has 1 aliphatic heterocycles. The van der Waals surface area contributed by atoms with Crippen molar-refractivity contribution in [1.29, 1.82) is 0 Å². The number of hydrogen-bond donors (Lipinski definition) is 1. The first-order valence-corrected chi connectivity index (χ1v) is 8.21. The molecule has 2 aromatic carbocycles. The Labute approximate surface area is 151 Å². The maximum Gasteiger partial charge on any atom is 0.262 e. The van der Waals surface area contributed by atoms with Crippen LogP contribution in [0.3, 0.4) is 0 Å². The standard InChI is InChI=1S/C20H20N2O4/c1-20(2,3)22-18(24)13-10-9-12(11-14(13)19(22)25)17(23)21-15-7-5-6-8-16(15)26-4/h5-11H,1-4H3,(H,21,23). The third kappa shape index (κ3) is 2.94. The van der Waals surface area contributed by atoms with Crippen molar-refractivity contribution in [3.05, 3.63) is 59.2 Å². The highest BCUT2D eigenvalue weighted by Gasteiger charge is 2.42. The molecule has 1 aliphatic rings. The van der Waals surface area contributed by atoms with Gasteiger partial charge in [-0.15, -0.1) is 0 Å². The Balaban J connectivity index is 1.91. The molecule has 6 heteroatoms. The van der Waals surface area contributed by atoms with Gasteiger partial charge in [0.25, 0.3) is 17.7 Å². The van der Waals surface area contributed by atoms with E-state index in [1.165, 1.54) is 24.1 Å². The summed E-state index contributed by atoms with van der Waals surface area (Å²) in [5.41, 5.74) is 0.759. The Morgan fingerprint density at radius 2 is 1.65 bits per heavy atom. The molecule has 3 amide bonds. The zero-order chi connectivity index (χ0) is 19.1. The van der Waals surface area contributed by atoms with Crippen LogP contribution < -0.4 is 10.1 Å². The quantitative estimate of drug-likeness (QED) is 0.860. The summed E-state index contributed by atoms with van der Waals surface area (Å²) < 4.78 is 5.22. The van der Waals surface area contributed by atoms with Gasteiger partial charge in [0.15, 0.2) is 0 Å². The van der Waals surface area contributed by atoms with Gasteiger partial charge in [0.05, 0.1) is 23.9 Å². The van der Waals surface area contributed by atoms with Gasteiger partial charge < -0.3 is 10.1 Å². The Hall–Kier alpha value is -3.15. The van der Waals surface area contributed by atoms with E-state index in [1.54, 1.807) is 51.1 Å². The lowest BCUT2D eigenvalue weighted by molar-refractivity contribution is 0.0507. The van der Waals surface area contributed by atoms with Crippen molar-refractivity contribution in [3.8, 4) is 5.75 Å². The van der Waals surface area contributed by atoms with Crippen LogP contribution in [0.15, 0.2) is 42.5 Å². The van der Waals surface area contributed by atoms with Crippen molar-refractivity contribution in [2.75, 3.05) is 12.4 Å². The van der Waals surface area contributed by atoms with Crippen molar-refractivity contribution in [2.24, 2.45) is 0 Å². The van der Waals surface area contributed by atoms with Crippen LogP contribution in [0.25, 0.3) is 0 Å². The van der Waals surface area contributed by atoms with Gasteiger partial charge in [-0.1, -0.05) is 12.1 Å². The van der Waals surface area contributed by atoms with E-state index in [0.29, 0.717) is 22.6 Å². The average molecular weight is 352 g/mol. The molecule has 6 nitrogen and oxygen atoms in total. The van der Waals surface area contributed by atoms with Crippen molar-refractivity contribution in [3.63, 3.8) is 0 Å². The highest BCUT2D eigenvalue weighted by atomic mass is 16.5. The van der Waals surface area contributed by atoms with E-state index in [9.17, 15) is 14.4 Å². The van der Waals surface area contributed by atoms with E-state index in [4.69, 9.17) is 4.74 Å².